The third-order valence-electron chi connectivity index (χ3n) is 2.75. The van der Waals surface area contributed by atoms with Gasteiger partial charge in [0.2, 0.25) is 5.91 Å². The van der Waals surface area contributed by atoms with Gasteiger partial charge in [-0.1, -0.05) is 0 Å². The van der Waals surface area contributed by atoms with E-state index < -0.39 is 17.8 Å². The van der Waals surface area contributed by atoms with Crippen LogP contribution in [-0.2, 0) is 20.7 Å². The zero-order chi connectivity index (χ0) is 15.9. The third-order valence-corrected chi connectivity index (χ3v) is 3.48. The van der Waals surface area contributed by atoms with E-state index in [1.807, 2.05) is 16.8 Å². The van der Waals surface area contributed by atoms with E-state index in [1.54, 1.807) is 12.1 Å². The molecule has 0 unspecified atom stereocenters. The number of benzene rings is 1. The minimum Gasteiger partial charge on any atom is -0.455 e. The Morgan fingerprint density at radius 3 is 2.45 bits per heavy atom. The minimum atomic E-state index is -0.541. The van der Waals surface area contributed by atoms with Gasteiger partial charge in [0.05, 0.1) is 6.42 Å². The lowest BCUT2D eigenvalue weighted by Crippen LogP contribution is -2.21. The van der Waals surface area contributed by atoms with Gasteiger partial charge in [0.1, 0.15) is 0 Å². The molecule has 2 rings (SSSR count). The fourth-order valence-corrected chi connectivity index (χ4v) is 2.34. The Kier molecular flexibility index (Phi) is 5.26. The monoisotopic (exact) mass is 318 g/mol. The van der Waals surface area contributed by atoms with Crippen LogP contribution in [0.3, 0.4) is 0 Å². The molecule has 0 spiro atoms. The number of hydrogen-bond acceptors (Lipinski definition) is 5. The standard InChI is InChI=1S/C15H14N2O4S/c16-15(20)11-1-3-12(4-2-11)17-13(18)8-21-14(19)7-10-5-6-22-9-10/h1-6,9H,7-8H2,(H2,16,20)(H,17,18). The van der Waals surface area contributed by atoms with Crippen LogP contribution in [0.25, 0.3) is 0 Å². The fourth-order valence-electron chi connectivity index (χ4n) is 1.67. The molecule has 22 heavy (non-hydrogen) atoms. The van der Waals surface area contributed by atoms with E-state index in [0.717, 1.165) is 5.56 Å². The quantitative estimate of drug-likeness (QED) is 0.790. The number of nitrogens with one attached hydrogen (secondary N) is 1. The molecule has 0 aliphatic heterocycles. The number of carbonyl (C=O) groups excluding carboxylic acids is 3. The summed E-state index contributed by atoms with van der Waals surface area (Å²) in [6.45, 7) is -0.361. The maximum Gasteiger partial charge on any atom is 0.310 e. The second kappa shape index (κ2) is 7.37. The van der Waals surface area contributed by atoms with E-state index in [2.05, 4.69) is 5.32 Å². The zero-order valence-electron chi connectivity index (χ0n) is 11.6. The summed E-state index contributed by atoms with van der Waals surface area (Å²) < 4.78 is 4.89. The highest BCUT2D eigenvalue weighted by Crippen LogP contribution is 2.09. The highest BCUT2D eigenvalue weighted by molar-refractivity contribution is 7.07. The van der Waals surface area contributed by atoms with Crippen LogP contribution in [0, 0.1) is 0 Å². The molecule has 0 aliphatic carbocycles. The normalized spacial score (nSPS) is 10.0. The lowest BCUT2D eigenvalue weighted by Gasteiger charge is -2.06. The molecule has 0 aliphatic rings. The summed E-state index contributed by atoms with van der Waals surface area (Å²) in [5.41, 5.74) is 6.81. The van der Waals surface area contributed by atoms with Gasteiger partial charge in [-0.3, -0.25) is 14.4 Å². The van der Waals surface area contributed by atoms with Crippen LogP contribution < -0.4 is 11.1 Å². The van der Waals surface area contributed by atoms with Crippen LogP contribution in [0.1, 0.15) is 15.9 Å². The zero-order valence-corrected chi connectivity index (χ0v) is 12.4. The molecule has 1 heterocycles. The number of carbonyl (C=O) groups is 3. The number of amides is 2. The van der Waals surface area contributed by atoms with Crippen molar-refractivity contribution in [3.8, 4) is 0 Å². The summed E-state index contributed by atoms with van der Waals surface area (Å²) >= 11 is 1.49. The van der Waals surface area contributed by atoms with Gasteiger partial charge in [-0.05, 0) is 46.7 Å². The van der Waals surface area contributed by atoms with Crippen molar-refractivity contribution in [3.05, 3.63) is 52.2 Å². The summed E-state index contributed by atoms with van der Waals surface area (Å²) in [5.74, 6) is -1.46. The molecule has 7 heteroatoms. The van der Waals surface area contributed by atoms with Gasteiger partial charge in [0.25, 0.3) is 5.91 Å². The van der Waals surface area contributed by atoms with Crippen LogP contribution in [0.5, 0.6) is 0 Å². The molecule has 2 amide bonds. The van der Waals surface area contributed by atoms with Crippen LogP contribution in [0.2, 0.25) is 0 Å². The lowest BCUT2D eigenvalue weighted by atomic mass is 10.2. The number of rotatable bonds is 6. The molecule has 0 saturated carbocycles. The van der Waals surface area contributed by atoms with Gasteiger partial charge in [-0.15, -0.1) is 0 Å². The maximum atomic E-state index is 11.7. The molecule has 0 saturated heterocycles. The molecule has 3 N–H and O–H groups in total. The molecule has 6 nitrogen and oxygen atoms in total. The molecule has 0 fully saturated rings. The van der Waals surface area contributed by atoms with Crippen molar-refractivity contribution < 1.29 is 19.1 Å². The first-order chi connectivity index (χ1) is 10.5. The van der Waals surface area contributed by atoms with Gasteiger partial charge < -0.3 is 15.8 Å². The van der Waals surface area contributed by atoms with E-state index in [1.165, 1.54) is 23.5 Å². The van der Waals surface area contributed by atoms with Crippen molar-refractivity contribution in [3.63, 3.8) is 0 Å². The topological polar surface area (TPSA) is 98.5 Å². The predicted octanol–water partition coefficient (Wildman–Crippen LogP) is 1.57. The molecular weight excluding hydrogens is 304 g/mol. The molecule has 2 aromatic rings. The van der Waals surface area contributed by atoms with E-state index in [9.17, 15) is 14.4 Å². The molecular formula is C15H14N2O4S. The largest absolute Gasteiger partial charge is 0.455 e. The first-order valence-corrected chi connectivity index (χ1v) is 7.35. The van der Waals surface area contributed by atoms with Crippen LogP contribution in [-0.4, -0.2) is 24.4 Å². The molecule has 1 aromatic heterocycles. The SMILES string of the molecule is NC(=O)c1ccc(NC(=O)COC(=O)Cc2ccsc2)cc1. The number of ether oxygens (including phenoxy) is 1. The number of anilines is 1. The molecule has 0 radical (unpaired) electrons. The first-order valence-electron chi connectivity index (χ1n) is 6.41. The summed E-state index contributed by atoms with van der Waals surface area (Å²) in [6, 6.07) is 7.92. The number of thiophene rings is 1. The van der Waals surface area contributed by atoms with Crippen LogP contribution in [0.4, 0.5) is 5.69 Å². The molecule has 1 aromatic carbocycles. The average Bonchev–Trinajstić information content (AvgIpc) is 2.98. The first kappa shape index (κ1) is 15.7. The second-order valence-corrected chi connectivity index (χ2v) is 5.24. The van der Waals surface area contributed by atoms with Crippen molar-refractivity contribution >= 4 is 34.8 Å². The van der Waals surface area contributed by atoms with E-state index in [-0.39, 0.29) is 13.0 Å². The summed E-state index contributed by atoms with van der Waals surface area (Å²) in [7, 11) is 0. The Labute approximate surface area is 130 Å². The fraction of sp³-hybridized carbons (Fsp3) is 0.133. The third kappa shape index (κ3) is 4.71. The number of esters is 1. The maximum absolute atomic E-state index is 11.7. The van der Waals surface area contributed by atoms with Crippen LogP contribution in [0.15, 0.2) is 41.1 Å². The lowest BCUT2D eigenvalue weighted by molar-refractivity contribution is -0.146. The Hall–Kier alpha value is -2.67. The van der Waals surface area contributed by atoms with Gasteiger partial charge >= 0.3 is 5.97 Å². The number of nitrogens with two attached hydrogens (primary N) is 1. The van der Waals surface area contributed by atoms with Gasteiger partial charge in [-0.2, -0.15) is 11.3 Å². The Bertz CT molecular complexity index is 665. The highest BCUT2D eigenvalue weighted by atomic mass is 32.1. The predicted molar refractivity (Wildman–Crippen MR) is 82.6 cm³/mol. The molecule has 0 atom stereocenters. The summed E-state index contributed by atoms with van der Waals surface area (Å²) in [4.78, 5) is 34.1. The van der Waals surface area contributed by atoms with Gasteiger partial charge in [-0.25, -0.2) is 0 Å². The van der Waals surface area contributed by atoms with Gasteiger partial charge in [0, 0.05) is 11.3 Å². The molecule has 0 bridgehead atoms. The Morgan fingerprint density at radius 1 is 1.14 bits per heavy atom. The number of primary amides is 1. The molecule has 114 valence electrons. The second-order valence-electron chi connectivity index (χ2n) is 4.46. The minimum absolute atomic E-state index is 0.143. The summed E-state index contributed by atoms with van der Waals surface area (Å²) in [6.07, 6.45) is 0.143. The van der Waals surface area contributed by atoms with Crippen molar-refractivity contribution in [2.24, 2.45) is 5.73 Å². The van der Waals surface area contributed by atoms with E-state index in [0.29, 0.717) is 11.3 Å². The Balaban J connectivity index is 1.77. The van der Waals surface area contributed by atoms with Crippen molar-refractivity contribution in [1.82, 2.24) is 0 Å². The van der Waals surface area contributed by atoms with Crippen molar-refractivity contribution in [1.29, 1.82) is 0 Å². The summed E-state index contributed by atoms with van der Waals surface area (Å²) in [5, 5.41) is 6.27. The van der Waals surface area contributed by atoms with Crippen molar-refractivity contribution in [2.75, 3.05) is 11.9 Å². The Morgan fingerprint density at radius 2 is 1.86 bits per heavy atom. The van der Waals surface area contributed by atoms with Gasteiger partial charge in [0.15, 0.2) is 6.61 Å². The average molecular weight is 318 g/mol. The number of hydrogen-bond donors (Lipinski definition) is 2. The highest BCUT2D eigenvalue weighted by Gasteiger charge is 2.09. The van der Waals surface area contributed by atoms with Crippen molar-refractivity contribution in [2.45, 2.75) is 6.42 Å². The van der Waals surface area contributed by atoms with E-state index >= 15 is 0 Å². The van der Waals surface area contributed by atoms with E-state index in [4.69, 9.17) is 10.5 Å². The van der Waals surface area contributed by atoms with Crippen LogP contribution >= 0.6 is 11.3 Å². The smallest absolute Gasteiger partial charge is 0.310 e.